The first-order valence-corrected chi connectivity index (χ1v) is 9.69. The molecule has 0 bridgehead atoms. The van der Waals surface area contributed by atoms with Crippen LogP contribution in [0, 0.1) is 5.92 Å². The molecule has 0 unspecified atom stereocenters. The van der Waals surface area contributed by atoms with Crippen molar-refractivity contribution in [3.05, 3.63) is 35.4 Å². The summed E-state index contributed by atoms with van der Waals surface area (Å²) in [6.07, 6.45) is 10.9. The summed E-state index contributed by atoms with van der Waals surface area (Å²) in [5, 5.41) is 18.5. The number of rotatable bonds is 9. The molecule has 4 N–H and O–H groups in total. The maximum Gasteiger partial charge on any atom is 0.0633 e. The van der Waals surface area contributed by atoms with E-state index in [2.05, 4.69) is 31.2 Å². The van der Waals surface area contributed by atoms with Gasteiger partial charge in [-0.05, 0) is 61.5 Å². The molecular weight excluding hydrogens is 298 g/mol. The topological polar surface area (TPSA) is 66.5 Å². The minimum absolute atomic E-state index is 0.178. The van der Waals surface area contributed by atoms with E-state index in [1.807, 2.05) is 0 Å². The van der Waals surface area contributed by atoms with Crippen LogP contribution >= 0.6 is 0 Å². The average molecular weight is 334 g/mol. The minimum Gasteiger partial charge on any atom is -0.394 e. The quantitative estimate of drug-likeness (QED) is 0.644. The van der Waals surface area contributed by atoms with Gasteiger partial charge in [-0.3, -0.25) is 0 Å². The third kappa shape index (κ3) is 5.58. The molecule has 0 aliphatic heterocycles. The molecule has 1 aromatic carbocycles. The second-order valence-corrected chi connectivity index (χ2v) is 7.78. The van der Waals surface area contributed by atoms with Crippen LogP contribution in [0.3, 0.4) is 0 Å². The Hall–Kier alpha value is -0.900. The van der Waals surface area contributed by atoms with Gasteiger partial charge in [0.2, 0.25) is 0 Å². The Morgan fingerprint density at radius 3 is 2.21 bits per heavy atom. The lowest BCUT2D eigenvalue weighted by Gasteiger charge is -2.29. The Morgan fingerprint density at radius 2 is 1.67 bits per heavy atom. The summed E-state index contributed by atoms with van der Waals surface area (Å²) in [6, 6.07) is 8.91. The van der Waals surface area contributed by atoms with Gasteiger partial charge in [-0.1, -0.05) is 50.5 Å². The molecule has 1 fully saturated rings. The predicted octanol–water partition coefficient (Wildman–Crippen LogP) is 3.77. The highest BCUT2D eigenvalue weighted by Gasteiger charge is 2.23. The van der Waals surface area contributed by atoms with E-state index in [1.54, 1.807) is 0 Å². The third-order valence-corrected chi connectivity index (χ3v) is 5.81. The maximum absolute atomic E-state index is 9.27. The van der Waals surface area contributed by atoms with Crippen LogP contribution in [0.25, 0.3) is 0 Å². The summed E-state index contributed by atoms with van der Waals surface area (Å²) in [4.78, 5) is 0. The molecule has 24 heavy (non-hydrogen) atoms. The molecule has 0 saturated heterocycles. The van der Waals surface area contributed by atoms with Crippen molar-refractivity contribution in [3.8, 4) is 0 Å². The van der Waals surface area contributed by atoms with E-state index >= 15 is 0 Å². The van der Waals surface area contributed by atoms with Gasteiger partial charge in [-0.25, -0.2) is 0 Å². The molecule has 1 aliphatic rings. The monoisotopic (exact) mass is 333 g/mol. The van der Waals surface area contributed by atoms with E-state index < -0.39 is 5.54 Å². The summed E-state index contributed by atoms with van der Waals surface area (Å²) >= 11 is 0. The minimum atomic E-state index is -0.866. The number of nitrogens with two attached hydrogens (primary N) is 1. The number of aliphatic hydroxyl groups is 2. The Kier molecular flexibility index (Phi) is 7.73. The van der Waals surface area contributed by atoms with Crippen LogP contribution < -0.4 is 5.73 Å². The molecule has 3 heteroatoms. The van der Waals surface area contributed by atoms with Gasteiger partial charge in [-0.15, -0.1) is 0 Å². The van der Waals surface area contributed by atoms with Crippen molar-refractivity contribution in [1.82, 2.24) is 0 Å². The molecule has 1 saturated carbocycles. The van der Waals surface area contributed by atoms with Gasteiger partial charge in [0.25, 0.3) is 0 Å². The summed E-state index contributed by atoms with van der Waals surface area (Å²) < 4.78 is 0. The molecule has 0 radical (unpaired) electrons. The van der Waals surface area contributed by atoms with E-state index in [1.165, 1.54) is 56.1 Å². The SMILES string of the molecule is CCCCC1CCC(c2ccc(CCC(N)(CO)CO)cc2)CC1. The molecule has 0 amide bonds. The van der Waals surface area contributed by atoms with Crippen LogP contribution in [0.4, 0.5) is 0 Å². The van der Waals surface area contributed by atoms with Crippen molar-refractivity contribution in [1.29, 1.82) is 0 Å². The van der Waals surface area contributed by atoms with Gasteiger partial charge in [0.1, 0.15) is 0 Å². The normalized spacial score (nSPS) is 21.8. The molecule has 1 aliphatic carbocycles. The number of aryl methyl sites for hydroxylation is 1. The highest BCUT2D eigenvalue weighted by Crippen LogP contribution is 2.37. The van der Waals surface area contributed by atoms with Crippen LogP contribution in [-0.4, -0.2) is 29.0 Å². The lowest BCUT2D eigenvalue weighted by molar-refractivity contribution is 0.115. The zero-order valence-electron chi connectivity index (χ0n) is 15.2. The highest BCUT2D eigenvalue weighted by molar-refractivity contribution is 5.26. The molecule has 3 nitrogen and oxygen atoms in total. The maximum atomic E-state index is 9.27. The fraction of sp³-hybridized carbons (Fsp3) is 0.714. The molecular formula is C21H35NO2. The summed E-state index contributed by atoms with van der Waals surface area (Å²) in [5.74, 6) is 1.68. The smallest absolute Gasteiger partial charge is 0.0633 e. The van der Waals surface area contributed by atoms with Crippen molar-refractivity contribution in [3.63, 3.8) is 0 Å². The molecule has 2 rings (SSSR count). The molecule has 136 valence electrons. The van der Waals surface area contributed by atoms with E-state index in [4.69, 9.17) is 5.73 Å². The lowest BCUT2D eigenvalue weighted by Crippen LogP contribution is -2.47. The van der Waals surface area contributed by atoms with Gasteiger partial charge in [0, 0.05) is 0 Å². The molecule has 0 atom stereocenters. The van der Waals surface area contributed by atoms with Crippen molar-refractivity contribution in [2.24, 2.45) is 11.7 Å². The van der Waals surface area contributed by atoms with E-state index in [9.17, 15) is 10.2 Å². The summed E-state index contributed by atoms with van der Waals surface area (Å²) in [7, 11) is 0. The first kappa shape index (κ1) is 19.4. The number of hydrogen-bond donors (Lipinski definition) is 3. The van der Waals surface area contributed by atoms with E-state index in [0.717, 1.165) is 18.3 Å². The zero-order valence-corrected chi connectivity index (χ0v) is 15.2. The predicted molar refractivity (Wildman–Crippen MR) is 100 cm³/mol. The highest BCUT2D eigenvalue weighted by atomic mass is 16.3. The molecule has 0 spiro atoms. The van der Waals surface area contributed by atoms with Crippen LogP contribution in [0.1, 0.15) is 75.3 Å². The van der Waals surface area contributed by atoms with Gasteiger partial charge < -0.3 is 15.9 Å². The van der Waals surface area contributed by atoms with Crippen molar-refractivity contribution < 1.29 is 10.2 Å². The lowest BCUT2D eigenvalue weighted by atomic mass is 9.77. The standard InChI is InChI=1S/C21H35NO2/c1-2-3-4-17-5-9-19(10-6-17)20-11-7-18(8-12-20)13-14-21(22,15-23)16-24/h7-8,11-12,17,19,23-24H,2-6,9-10,13-16,22H2,1H3. The average Bonchev–Trinajstić information content (AvgIpc) is 2.65. The van der Waals surface area contributed by atoms with Gasteiger partial charge in [0.05, 0.1) is 18.8 Å². The van der Waals surface area contributed by atoms with Crippen molar-refractivity contribution >= 4 is 0 Å². The van der Waals surface area contributed by atoms with Crippen molar-refractivity contribution in [2.45, 2.75) is 76.2 Å². The Morgan fingerprint density at radius 1 is 1.04 bits per heavy atom. The first-order valence-electron chi connectivity index (χ1n) is 9.69. The summed E-state index contributed by atoms with van der Waals surface area (Å²) in [6.45, 7) is 1.93. The first-order chi connectivity index (χ1) is 11.6. The number of hydrogen-bond acceptors (Lipinski definition) is 3. The van der Waals surface area contributed by atoms with Crippen molar-refractivity contribution in [2.75, 3.05) is 13.2 Å². The second kappa shape index (κ2) is 9.55. The van der Waals surface area contributed by atoms with Crippen LogP contribution in [0.5, 0.6) is 0 Å². The van der Waals surface area contributed by atoms with Gasteiger partial charge in [-0.2, -0.15) is 0 Å². The Bertz CT molecular complexity index is 459. The largest absolute Gasteiger partial charge is 0.394 e. The second-order valence-electron chi connectivity index (χ2n) is 7.78. The molecule has 0 aromatic heterocycles. The van der Waals surface area contributed by atoms with Crippen LogP contribution in [0.15, 0.2) is 24.3 Å². The van der Waals surface area contributed by atoms with Gasteiger partial charge in [0.15, 0.2) is 0 Å². The van der Waals surface area contributed by atoms with E-state index in [0.29, 0.717) is 6.42 Å². The Balaban J connectivity index is 1.82. The van der Waals surface area contributed by atoms with E-state index in [-0.39, 0.29) is 13.2 Å². The van der Waals surface area contributed by atoms with Crippen LogP contribution in [-0.2, 0) is 6.42 Å². The zero-order chi connectivity index (χ0) is 17.4. The fourth-order valence-electron chi connectivity index (χ4n) is 3.84. The number of unbranched alkanes of at least 4 members (excludes halogenated alkanes) is 1. The molecule has 1 aromatic rings. The number of aliphatic hydroxyl groups excluding tert-OH is 2. The van der Waals surface area contributed by atoms with Gasteiger partial charge >= 0.3 is 0 Å². The molecule has 0 heterocycles. The fourth-order valence-corrected chi connectivity index (χ4v) is 3.84. The third-order valence-electron chi connectivity index (χ3n) is 5.81. The Labute approximate surface area is 147 Å². The van der Waals surface area contributed by atoms with Crippen LogP contribution in [0.2, 0.25) is 0 Å². The summed E-state index contributed by atoms with van der Waals surface area (Å²) in [5.41, 5.74) is 7.77. The number of benzene rings is 1.